The number of carbonyl (C=O) groups is 1. The molecular formula is C16H22Cl2N4OS. The van der Waals surface area contributed by atoms with E-state index in [0.717, 1.165) is 37.3 Å². The number of rotatable bonds is 3. The number of nitrogen functional groups attached to an aromatic ring is 1. The van der Waals surface area contributed by atoms with E-state index in [4.69, 9.17) is 5.73 Å². The van der Waals surface area contributed by atoms with Gasteiger partial charge in [-0.15, -0.1) is 36.2 Å². The second-order valence-corrected chi connectivity index (χ2v) is 6.62. The van der Waals surface area contributed by atoms with Crippen LogP contribution in [0.15, 0.2) is 18.2 Å². The molecule has 0 unspecified atom stereocenters. The van der Waals surface area contributed by atoms with Crippen molar-refractivity contribution in [2.45, 2.75) is 26.8 Å². The van der Waals surface area contributed by atoms with E-state index in [1.165, 1.54) is 4.88 Å². The lowest BCUT2D eigenvalue weighted by Gasteiger charge is -2.23. The van der Waals surface area contributed by atoms with Gasteiger partial charge in [0.25, 0.3) is 5.91 Å². The van der Waals surface area contributed by atoms with Crippen LogP contribution in [-0.4, -0.2) is 28.9 Å². The summed E-state index contributed by atoms with van der Waals surface area (Å²) in [6.07, 6.45) is 0.951. The second-order valence-electron chi connectivity index (χ2n) is 5.54. The molecule has 2 heterocycles. The smallest absolute Gasteiger partial charge is 0.257 e. The normalized spacial score (nSPS) is 13.4. The number of nitrogens with one attached hydrogen (secondary N) is 1. The zero-order valence-corrected chi connectivity index (χ0v) is 16.1. The van der Waals surface area contributed by atoms with Gasteiger partial charge in [-0.3, -0.25) is 15.0 Å². The van der Waals surface area contributed by atoms with Gasteiger partial charge in [-0.25, -0.2) is 4.98 Å². The van der Waals surface area contributed by atoms with Crippen LogP contribution in [0.25, 0.3) is 0 Å². The fraction of sp³-hybridized carbons (Fsp3) is 0.375. The van der Waals surface area contributed by atoms with E-state index in [0.29, 0.717) is 16.4 Å². The summed E-state index contributed by atoms with van der Waals surface area (Å²) < 4.78 is 0. The van der Waals surface area contributed by atoms with Crippen molar-refractivity contribution in [1.82, 2.24) is 9.88 Å². The number of aromatic nitrogens is 1. The lowest BCUT2D eigenvalue weighted by atomic mass is 10.1. The average molecular weight is 389 g/mol. The quantitative estimate of drug-likeness (QED) is 0.789. The van der Waals surface area contributed by atoms with Gasteiger partial charge < -0.3 is 5.73 Å². The number of fused-ring (bicyclic) bond motifs is 1. The molecule has 1 aliphatic heterocycles. The highest BCUT2D eigenvalue weighted by Gasteiger charge is 2.21. The number of halogens is 2. The van der Waals surface area contributed by atoms with E-state index in [1.54, 1.807) is 23.5 Å². The fourth-order valence-electron chi connectivity index (χ4n) is 2.62. The Bertz CT molecular complexity index is 720. The van der Waals surface area contributed by atoms with Gasteiger partial charge in [-0.2, -0.15) is 0 Å². The third-order valence-electron chi connectivity index (χ3n) is 3.98. The Balaban J connectivity index is 0.00000144. The number of carbonyl (C=O) groups excluding carboxylic acids is 1. The molecule has 5 nitrogen and oxygen atoms in total. The fourth-order valence-corrected chi connectivity index (χ4v) is 3.67. The number of nitrogens with two attached hydrogens (primary N) is 1. The minimum atomic E-state index is -0.150. The zero-order valence-electron chi connectivity index (χ0n) is 13.7. The van der Waals surface area contributed by atoms with Crippen LogP contribution >= 0.6 is 36.2 Å². The molecule has 1 aromatic heterocycles. The van der Waals surface area contributed by atoms with Crippen molar-refractivity contribution in [1.29, 1.82) is 0 Å². The number of likely N-dealkylation sites (N-methyl/N-ethyl adjacent to an activating group) is 1. The average Bonchev–Trinajstić information content (AvgIpc) is 2.90. The van der Waals surface area contributed by atoms with E-state index in [9.17, 15) is 4.79 Å². The first-order chi connectivity index (χ1) is 10.6. The molecule has 1 amide bonds. The van der Waals surface area contributed by atoms with Gasteiger partial charge in [0.2, 0.25) is 0 Å². The summed E-state index contributed by atoms with van der Waals surface area (Å²) in [7, 11) is 0. The van der Waals surface area contributed by atoms with Gasteiger partial charge >= 0.3 is 0 Å². The largest absolute Gasteiger partial charge is 0.399 e. The number of amides is 1. The van der Waals surface area contributed by atoms with Crippen LogP contribution in [-0.2, 0) is 13.0 Å². The van der Waals surface area contributed by atoms with Gasteiger partial charge in [0, 0.05) is 35.6 Å². The van der Waals surface area contributed by atoms with Gasteiger partial charge in [-0.1, -0.05) is 13.0 Å². The van der Waals surface area contributed by atoms with E-state index in [-0.39, 0.29) is 30.7 Å². The van der Waals surface area contributed by atoms with E-state index in [2.05, 4.69) is 22.1 Å². The van der Waals surface area contributed by atoms with Gasteiger partial charge in [-0.05, 0) is 31.2 Å². The Morgan fingerprint density at radius 1 is 1.42 bits per heavy atom. The van der Waals surface area contributed by atoms with Crippen LogP contribution in [0.3, 0.4) is 0 Å². The van der Waals surface area contributed by atoms with Crippen LogP contribution in [0, 0.1) is 6.92 Å². The van der Waals surface area contributed by atoms with E-state index in [1.807, 2.05) is 13.0 Å². The Morgan fingerprint density at radius 3 is 2.88 bits per heavy atom. The van der Waals surface area contributed by atoms with Crippen LogP contribution in [0.4, 0.5) is 10.8 Å². The van der Waals surface area contributed by atoms with Crippen molar-refractivity contribution in [2.75, 3.05) is 24.1 Å². The molecule has 2 aromatic rings. The number of benzene rings is 1. The number of nitrogens with zero attached hydrogens (tertiary/aromatic N) is 2. The molecule has 8 heteroatoms. The molecule has 3 rings (SSSR count). The Kier molecular flexibility index (Phi) is 7.48. The van der Waals surface area contributed by atoms with Crippen molar-refractivity contribution in [3.63, 3.8) is 0 Å². The van der Waals surface area contributed by atoms with Crippen molar-refractivity contribution < 1.29 is 4.79 Å². The molecule has 1 aromatic carbocycles. The van der Waals surface area contributed by atoms with Crippen molar-refractivity contribution in [3.05, 3.63) is 39.9 Å². The topological polar surface area (TPSA) is 71.2 Å². The molecule has 3 N–H and O–H groups in total. The third kappa shape index (κ3) is 4.39. The molecule has 0 fully saturated rings. The van der Waals surface area contributed by atoms with E-state index < -0.39 is 0 Å². The minimum Gasteiger partial charge on any atom is -0.399 e. The van der Waals surface area contributed by atoms with E-state index >= 15 is 0 Å². The number of hydrogen-bond donors (Lipinski definition) is 2. The van der Waals surface area contributed by atoms with Crippen LogP contribution in [0.5, 0.6) is 0 Å². The maximum absolute atomic E-state index is 12.4. The molecule has 0 atom stereocenters. The summed E-state index contributed by atoms with van der Waals surface area (Å²) in [4.78, 5) is 20.6. The summed E-state index contributed by atoms with van der Waals surface area (Å²) in [5, 5.41) is 3.59. The number of aryl methyl sites for hydroxylation is 1. The predicted molar refractivity (Wildman–Crippen MR) is 105 cm³/mol. The summed E-state index contributed by atoms with van der Waals surface area (Å²) in [5.41, 5.74) is 8.99. The summed E-state index contributed by atoms with van der Waals surface area (Å²) in [6, 6.07) is 5.36. The molecule has 24 heavy (non-hydrogen) atoms. The predicted octanol–water partition coefficient (Wildman–Crippen LogP) is 3.51. The summed E-state index contributed by atoms with van der Waals surface area (Å²) in [6.45, 7) is 7.07. The monoisotopic (exact) mass is 388 g/mol. The van der Waals surface area contributed by atoms with Crippen LogP contribution in [0.1, 0.15) is 33.4 Å². The maximum atomic E-state index is 12.4. The number of anilines is 2. The first kappa shape index (κ1) is 20.7. The van der Waals surface area contributed by atoms with Crippen molar-refractivity contribution in [2.24, 2.45) is 0 Å². The highest BCUT2D eigenvalue weighted by Crippen LogP contribution is 2.28. The first-order valence-electron chi connectivity index (χ1n) is 7.45. The summed E-state index contributed by atoms with van der Waals surface area (Å²) in [5.74, 6) is -0.150. The number of hydrogen-bond acceptors (Lipinski definition) is 5. The van der Waals surface area contributed by atoms with Crippen LogP contribution < -0.4 is 11.1 Å². The molecule has 132 valence electrons. The van der Waals surface area contributed by atoms with Crippen LogP contribution in [0.2, 0.25) is 0 Å². The molecule has 0 saturated carbocycles. The lowest BCUT2D eigenvalue weighted by Crippen LogP contribution is -2.29. The lowest BCUT2D eigenvalue weighted by molar-refractivity contribution is 0.102. The van der Waals surface area contributed by atoms with Crippen molar-refractivity contribution >= 4 is 52.9 Å². The summed E-state index contributed by atoms with van der Waals surface area (Å²) >= 11 is 1.57. The molecule has 0 bridgehead atoms. The molecule has 1 aliphatic rings. The molecule has 0 radical (unpaired) electrons. The zero-order chi connectivity index (χ0) is 15.7. The first-order valence-corrected chi connectivity index (χ1v) is 8.27. The second kappa shape index (κ2) is 8.67. The standard InChI is InChI=1S/C16H20N4OS.2ClH/c1-3-20-7-6-13-14(9-20)22-16(18-13)19-15(21)12-8-11(17)5-4-10(12)2;;/h4-5,8H,3,6-7,9,17H2,1-2H3,(H,18,19,21);2*1H. The maximum Gasteiger partial charge on any atom is 0.257 e. The van der Waals surface area contributed by atoms with Gasteiger partial charge in [0.15, 0.2) is 5.13 Å². The molecule has 0 aliphatic carbocycles. The highest BCUT2D eigenvalue weighted by atomic mass is 35.5. The SMILES string of the molecule is CCN1CCc2nc(NC(=O)c3cc(N)ccc3C)sc2C1.Cl.Cl. The molecular weight excluding hydrogens is 367 g/mol. The molecule has 0 saturated heterocycles. The van der Waals surface area contributed by atoms with Gasteiger partial charge in [0.05, 0.1) is 5.69 Å². The minimum absolute atomic E-state index is 0. The Morgan fingerprint density at radius 2 is 2.17 bits per heavy atom. The third-order valence-corrected chi connectivity index (χ3v) is 4.98. The van der Waals surface area contributed by atoms with Gasteiger partial charge in [0.1, 0.15) is 0 Å². The number of thiazole rings is 1. The highest BCUT2D eigenvalue weighted by molar-refractivity contribution is 7.15. The Labute approximate surface area is 158 Å². The molecule has 0 spiro atoms. The Hall–Kier alpha value is -1.34. The van der Waals surface area contributed by atoms with Crippen molar-refractivity contribution in [3.8, 4) is 0 Å².